The average Bonchev–Trinajstić information content (AvgIpc) is 3.04. The molecule has 1 aliphatic rings. The number of methoxy groups -OCH3 is 1. The molecule has 1 aliphatic heterocycles. The highest BCUT2D eigenvalue weighted by atomic mass is 16.5. The Balaban J connectivity index is 1.60. The number of carbonyl (C=O) groups excluding carboxylic acids is 2. The number of fused-ring (bicyclic) bond motifs is 1. The molecule has 3 amide bonds. The summed E-state index contributed by atoms with van der Waals surface area (Å²) in [6, 6.07) is 7.19. The minimum atomic E-state index is -0.364. The first-order valence-corrected chi connectivity index (χ1v) is 9.03. The molecule has 1 aromatic carbocycles. The summed E-state index contributed by atoms with van der Waals surface area (Å²) in [6.07, 6.45) is 2.00. The predicted octanol–water partition coefficient (Wildman–Crippen LogP) is 2.99. The quantitative estimate of drug-likeness (QED) is 0.769. The van der Waals surface area contributed by atoms with E-state index in [9.17, 15) is 9.59 Å². The highest BCUT2D eigenvalue weighted by molar-refractivity contribution is 5.92. The molecule has 0 bridgehead atoms. The smallest absolute Gasteiger partial charge is 0.414 e. The zero-order valence-corrected chi connectivity index (χ0v) is 15.8. The van der Waals surface area contributed by atoms with Gasteiger partial charge in [-0.05, 0) is 56.5 Å². The summed E-state index contributed by atoms with van der Waals surface area (Å²) >= 11 is 0. The van der Waals surface area contributed by atoms with E-state index in [4.69, 9.17) is 4.74 Å². The summed E-state index contributed by atoms with van der Waals surface area (Å²) in [5.41, 5.74) is 4.46. The van der Waals surface area contributed by atoms with Crippen molar-refractivity contribution in [3.63, 3.8) is 0 Å². The van der Waals surface area contributed by atoms with Gasteiger partial charge in [0.15, 0.2) is 0 Å². The van der Waals surface area contributed by atoms with E-state index in [-0.39, 0.29) is 18.2 Å². The number of urea groups is 1. The van der Waals surface area contributed by atoms with Crippen LogP contribution in [0, 0.1) is 6.92 Å². The van der Waals surface area contributed by atoms with E-state index in [1.165, 1.54) is 7.11 Å². The van der Waals surface area contributed by atoms with Gasteiger partial charge in [0, 0.05) is 30.4 Å². The van der Waals surface area contributed by atoms with E-state index < -0.39 is 0 Å². The molecule has 0 fully saturated rings. The maximum absolute atomic E-state index is 12.3. The molecule has 0 saturated heterocycles. The number of ether oxygens (including phenoxy) is 1. The van der Waals surface area contributed by atoms with E-state index >= 15 is 0 Å². The molecule has 0 unspecified atom stereocenters. The van der Waals surface area contributed by atoms with Gasteiger partial charge in [0.05, 0.1) is 18.5 Å². The Bertz CT molecular complexity index is 833. The number of aryl methyl sites for hydroxylation is 2. The standard InChI is InChI=1S/C19H25N5O3/c1-12(9-16-10-13(2)22-23-16)20-18(25)21-15-6-7-17-14(11-15)5-4-8-24(17)19(26)27-3/h6-7,10-12H,4-5,8-9H2,1-3H3,(H,22,23)(H2,20,21,25)/t12-/m0/s1. The van der Waals surface area contributed by atoms with Gasteiger partial charge in [0.2, 0.25) is 0 Å². The number of nitrogens with zero attached hydrogens (tertiary/aromatic N) is 2. The number of aromatic amines is 1. The van der Waals surface area contributed by atoms with Crippen molar-refractivity contribution in [1.82, 2.24) is 15.5 Å². The Labute approximate surface area is 158 Å². The second-order valence-electron chi connectivity index (χ2n) is 6.81. The number of anilines is 2. The van der Waals surface area contributed by atoms with Crippen LogP contribution in [0.25, 0.3) is 0 Å². The topological polar surface area (TPSA) is 99.4 Å². The molecule has 0 aliphatic carbocycles. The van der Waals surface area contributed by atoms with Crippen LogP contribution in [-0.4, -0.2) is 42.0 Å². The third kappa shape index (κ3) is 4.58. The fraction of sp³-hybridized carbons (Fsp3) is 0.421. The zero-order valence-electron chi connectivity index (χ0n) is 15.8. The van der Waals surface area contributed by atoms with Crippen molar-refractivity contribution in [3.05, 3.63) is 41.2 Å². The zero-order chi connectivity index (χ0) is 19.4. The summed E-state index contributed by atoms with van der Waals surface area (Å²) in [7, 11) is 1.38. The Hall–Kier alpha value is -3.03. The lowest BCUT2D eigenvalue weighted by molar-refractivity contribution is 0.178. The molecule has 2 heterocycles. The van der Waals surface area contributed by atoms with Crippen molar-refractivity contribution < 1.29 is 14.3 Å². The molecule has 0 radical (unpaired) electrons. The van der Waals surface area contributed by atoms with Gasteiger partial charge in [-0.1, -0.05) is 0 Å². The number of nitrogens with one attached hydrogen (secondary N) is 3. The molecule has 3 rings (SSSR count). The van der Waals surface area contributed by atoms with Gasteiger partial charge >= 0.3 is 12.1 Å². The van der Waals surface area contributed by atoms with Gasteiger partial charge < -0.3 is 15.4 Å². The van der Waals surface area contributed by atoms with Crippen LogP contribution in [0.15, 0.2) is 24.3 Å². The summed E-state index contributed by atoms with van der Waals surface area (Å²) in [6.45, 7) is 4.51. The number of benzene rings is 1. The lowest BCUT2D eigenvalue weighted by Gasteiger charge is -2.28. The molecule has 1 aromatic heterocycles. The molecule has 144 valence electrons. The third-order valence-electron chi connectivity index (χ3n) is 4.50. The van der Waals surface area contributed by atoms with Crippen molar-refractivity contribution in [2.24, 2.45) is 0 Å². The normalized spacial score (nSPS) is 14.3. The maximum atomic E-state index is 12.3. The van der Waals surface area contributed by atoms with E-state index in [1.54, 1.807) is 11.0 Å². The molecule has 27 heavy (non-hydrogen) atoms. The number of hydrogen-bond acceptors (Lipinski definition) is 4. The van der Waals surface area contributed by atoms with Gasteiger partial charge in [-0.15, -0.1) is 0 Å². The lowest BCUT2D eigenvalue weighted by Crippen LogP contribution is -2.37. The van der Waals surface area contributed by atoms with Crippen LogP contribution in [0.3, 0.4) is 0 Å². The fourth-order valence-corrected chi connectivity index (χ4v) is 3.31. The predicted molar refractivity (Wildman–Crippen MR) is 103 cm³/mol. The average molecular weight is 371 g/mol. The molecular weight excluding hydrogens is 346 g/mol. The molecule has 2 aromatic rings. The van der Waals surface area contributed by atoms with Crippen LogP contribution < -0.4 is 15.5 Å². The van der Waals surface area contributed by atoms with Crippen LogP contribution in [0.4, 0.5) is 21.0 Å². The Morgan fingerprint density at radius 1 is 1.37 bits per heavy atom. The largest absolute Gasteiger partial charge is 0.452 e. The minimum Gasteiger partial charge on any atom is -0.452 e. The number of rotatable bonds is 4. The number of amides is 3. The Kier molecular flexibility index (Phi) is 5.63. The van der Waals surface area contributed by atoms with Gasteiger partial charge in [0.25, 0.3) is 0 Å². The van der Waals surface area contributed by atoms with E-state index in [0.717, 1.165) is 35.5 Å². The van der Waals surface area contributed by atoms with Crippen molar-refractivity contribution in [3.8, 4) is 0 Å². The summed E-state index contributed by atoms with van der Waals surface area (Å²) in [4.78, 5) is 25.8. The van der Waals surface area contributed by atoms with Crippen molar-refractivity contribution in [2.75, 3.05) is 23.9 Å². The maximum Gasteiger partial charge on any atom is 0.414 e. The first-order valence-electron chi connectivity index (χ1n) is 9.03. The van der Waals surface area contributed by atoms with Crippen LogP contribution in [-0.2, 0) is 17.6 Å². The number of hydrogen-bond donors (Lipinski definition) is 3. The van der Waals surface area contributed by atoms with Crippen LogP contribution in [0.1, 0.15) is 30.3 Å². The van der Waals surface area contributed by atoms with Gasteiger partial charge in [0.1, 0.15) is 0 Å². The second-order valence-corrected chi connectivity index (χ2v) is 6.81. The highest BCUT2D eigenvalue weighted by Crippen LogP contribution is 2.30. The Morgan fingerprint density at radius 3 is 2.89 bits per heavy atom. The van der Waals surface area contributed by atoms with Crippen LogP contribution in [0.2, 0.25) is 0 Å². The second kappa shape index (κ2) is 8.11. The molecular formula is C19H25N5O3. The SMILES string of the molecule is COC(=O)N1CCCc2cc(NC(=O)N[C@@H](C)Cc3cc(C)[nH]n3)ccc21. The fourth-order valence-electron chi connectivity index (χ4n) is 3.31. The van der Waals surface area contributed by atoms with Crippen molar-refractivity contribution >= 4 is 23.5 Å². The van der Waals surface area contributed by atoms with Crippen LogP contribution in [0.5, 0.6) is 0 Å². The van der Waals surface area contributed by atoms with E-state index in [2.05, 4.69) is 20.8 Å². The molecule has 0 saturated carbocycles. The molecule has 3 N–H and O–H groups in total. The first kappa shape index (κ1) is 18.8. The van der Waals surface area contributed by atoms with Gasteiger partial charge in [-0.2, -0.15) is 5.10 Å². The third-order valence-corrected chi connectivity index (χ3v) is 4.50. The summed E-state index contributed by atoms with van der Waals surface area (Å²) < 4.78 is 4.84. The number of aromatic nitrogens is 2. The summed E-state index contributed by atoms with van der Waals surface area (Å²) in [5, 5.41) is 12.9. The molecule has 8 heteroatoms. The van der Waals surface area contributed by atoms with Crippen molar-refractivity contribution in [2.45, 2.75) is 39.2 Å². The van der Waals surface area contributed by atoms with Crippen LogP contribution >= 0.6 is 0 Å². The lowest BCUT2D eigenvalue weighted by atomic mass is 10.0. The molecule has 8 nitrogen and oxygen atoms in total. The minimum absolute atomic E-state index is 0.0554. The number of carbonyl (C=O) groups is 2. The highest BCUT2D eigenvalue weighted by Gasteiger charge is 2.23. The molecule has 0 spiro atoms. The van der Waals surface area contributed by atoms with E-state index in [1.807, 2.05) is 32.0 Å². The Morgan fingerprint density at radius 2 is 2.19 bits per heavy atom. The first-order chi connectivity index (χ1) is 13.0. The molecule has 1 atom stereocenters. The monoisotopic (exact) mass is 371 g/mol. The van der Waals surface area contributed by atoms with Crippen molar-refractivity contribution in [1.29, 1.82) is 0 Å². The number of H-pyrrole nitrogens is 1. The van der Waals surface area contributed by atoms with Gasteiger partial charge in [-0.25, -0.2) is 9.59 Å². The summed E-state index contributed by atoms with van der Waals surface area (Å²) in [5.74, 6) is 0. The van der Waals surface area contributed by atoms with E-state index in [0.29, 0.717) is 18.7 Å². The van der Waals surface area contributed by atoms with Gasteiger partial charge in [-0.3, -0.25) is 10.00 Å².